The van der Waals surface area contributed by atoms with E-state index in [2.05, 4.69) is 0 Å². The lowest BCUT2D eigenvalue weighted by molar-refractivity contribution is -0.00714. The Morgan fingerprint density at radius 3 is 2.43 bits per heavy atom. The summed E-state index contributed by atoms with van der Waals surface area (Å²) in [7, 11) is 1.74. The van der Waals surface area contributed by atoms with Crippen molar-refractivity contribution < 1.29 is 4.74 Å². The van der Waals surface area contributed by atoms with E-state index in [9.17, 15) is 4.79 Å². The van der Waals surface area contributed by atoms with Crippen molar-refractivity contribution in [3.05, 3.63) is 22.9 Å². The van der Waals surface area contributed by atoms with Gasteiger partial charge in [0.15, 0.2) is 0 Å². The predicted octanol–water partition coefficient (Wildman–Crippen LogP) is 1.00. The van der Waals surface area contributed by atoms with Gasteiger partial charge in [0, 0.05) is 19.4 Å². The van der Waals surface area contributed by atoms with Crippen LogP contribution in [0, 0.1) is 0 Å². The zero-order valence-electron chi connectivity index (χ0n) is 9.28. The van der Waals surface area contributed by atoms with E-state index < -0.39 is 0 Å². The molecule has 80 valence electrons. The highest BCUT2D eigenvalue weighted by atomic mass is 16.5. The minimum absolute atomic E-state index is 0.00232. The molecule has 0 unspecified atom stereocenters. The molecule has 0 saturated heterocycles. The van der Waals surface area contributed by atoms with Gasteiger partial charge in [-0.15, -0.1) is 0 Å². The first-order valence-electron chi connectivity index (χ1n) is 4.76. The molecule has 0 aromatic carbocycles. The molecule has 0 radical (unpaired) electrons. The molecule has 0 saturated carbocycles. The van der Waals surface area contributed by atoms with Gasteiger partial charge in [0.2, 0.25) is 0 Å². The Morgan fingerprint density at radius 2 is 2.00 bits per heavy atom. The van der Waals surface area contributed by atoms with Gasteiger partial charge >= 0.3 is 5.69 Å². The second kappa shape index (κ2) is 4.00. The molecule has 1 heterocycles. The third-order valence-electron chi connectivity index (χ3n) is 1.88. The van der Waals surface area contributed by atoms with Crippen molar-refractivity contribution in [3.8, 4) is 0 Å². The molecular formula is C10H18N2O2. The molecule has 0 bridgehead atoms. The lowest BCUT2D eigenvalue weighted by atomic mass is 10.2. The highest BCUT2D eigenvalue weighted by molar-refractivity contribution is 4.79. The third-order valence-corrected chi connectivity index (χ3v) is 1.88. The van der Waals surface area contributed by atoms with Crippen molar-refractivity contribution in [1.29, 1.82) is 0 Å². The molecule has 0 aliphatic rings. The Bertz CT molecular complexity index is 344. The van der Waals surface area contributed by atoms with Crippen LogP contribution in [0.15, 0.2) is 17.2 Å². The van der Waals surface area contributed by atoms with Gasteiger partial charge in [-0.25, -0.2) is 4.79 Å². The first kappa shape index (κ1) is 11.0. The minimum Gasteiger partial charge on any atom is -0.374 e. The second-order valence-electron chi connectivity index (χ2n) is 4.35. The fourth-order valence-electron chi connectivity index (χ4n) is 1.13. The zero-order chi connectivity index (χ0) is 10.8. The summed E-state index contributed by atoms with van der Waals surface area (Å²) < 4.78 is 8.73. The van der Waals surface area contributed by atoms with Crippen LogP contribution in [0.4, 0.5) is 0 Å². The maximum atomic E-state index is 11.4. The Kier molecular flexibility index (Phi) is 3.16. The van der Waals surface area contributed by atoms with Crippen LogP contribution in [-0.2, 0) is 18.3 Å². The van der Waals surface area contributed by atoms with Gasteiger partial charge < -0.3 is 9.30 Å². The molecule has 1 aromatic rings. The fraction of sp³-hybridized carbons (Fsp3) is 0.700. The molecule has 0 atom stereocenters. The lowest BCUT2D eigenvalue weighted by Gasteiger charge is -2.19. The van der Waals surface area contributed by atoms with Crippen molar-refractivity contribution in [2.24, 2.45) is 7.05 Å². The minimum atomic E-state index is -0.140. The van der Waals surface area contributed by atoms with Crippen molar-refractivity contribution >= 4 is 0 Å². The predicted molar refractivity (Wildman–Crippen MR) is 55.4 cm³/mol. The van der Waals surface area contributed by atoms with E-state index in [0.29, 0.717) is 13.2 Å². The van der Waals surface area contributed by atoms with Crippen LogP contribution < -0.4 is 5.69 Å². The maximum Gasteiger partial charge on any atom is 0.327 e. The summed E-state index contributed by atoms with van der Waals surface area (Å²) in [5.41, 5.74) is -0.138. The van der Waals surface area contributed by atoms with Crippen molar-refractivity contribution in [2.45, 2.75) is 32.9 Å². The summed E-state index contributed by atoms with van der Waals surface area (Å²) in [5.74, 6) is 0. The van der Waals surface area contributed by atoms with Crippen molar-refractivity contribution in [1.82, 2.24) is 9.13 Å². The van der Waals surface area contributed by atoms with Gasteiger partial charge in [-0.2, -0.15) is 0 Å². The average Bonchev–Trinajstić information content (AvgIpc) is 2.33. The number of ether oxygens (including phenoxy) is 1. The molecule has 4 nitrogen and oxygen atoms in total. The number of hydrogen-bond acceptors (Lipinski definition) is 2. The number of nitrogens with zero attached hydrogens (tertiary/aromatic N) is 2. The molecule has 0 aliphatic heterocycles. The summed E-state index contributed by atoms with van der Waals surface area (Å²) in [6, 6.07) is 0. The molecule has 0 spiro atoms. The van der Waals surface area contributed by atoms with E-state index in [1.807, 2.05) is 20.8 Å². The Hall–Kier alpha value is -1.03. The van der Waals surface area contributed by atoms with E-state index in [0.717, 1.165) is 0 Å². The summed E-state index contributed by atoms with van der Waals surface area (Å²) in [5, 5.41) is 0. The number of imidazole rings is 1. The molecule has 4 heteroatoms. The highest BCUT2D eigenvalue weighted by Gasteiger charge is 2.09. The van der Waals surface area contributed by atoms with Gasteiger partial charge in [0.05, 0.1) is 18.8 Å². The summed E-state index contributed by atoms with van der Waals surface area (Å²) >= 11 is 0. The summed E-state index contributed by atoms with van der Waals surface area (Å²) in [6.07, 6.45) is 3.52. The maximum absolute atomic E-state index is 11.4. The highest BCUT2D eigenvalue weighted by Crippen LogP contribution is 2.05. The molecule has 0 fully saturated rings. The fourth-order valence-corrected chi connectivity index (χ4v) is 1.13. The van der Waals surface area contributed by atoms with Crippen molar-refractivity contribution in [3.63, 3.8) is 0 Å². The van der Waals surface area contributed by atoms with Gasteiger partial charge in [0.1, 0.15) is 0 Å². The lowest BCUT2D eigenvalue weighted by Crippen LogP contribution is -2.27. The number of rotatable bonds is 3. The van der Waals surface area contributed by atoms with Crippen LogP contribution >= 0.6 is 0 Å². The van der Waals surface area contributed by atoms with E-state index in [1.165, 1.54) is 0 Å². The quantitative estimate of drug-likeness (QED) is 0.726. The average molecular weight is 198 g/mol. The van der Waals surface area contributed by atoms with Gasteiger partial charge in [-0.3, -0.25) is 4.57 Å². The van der Waals surface area contributed by atoms with Crippen LogP contribution in [0.25, 0.3) is 0 Å². The van der Waals surface area contributed by atoms with Crippen LogP contribution in [0.1, 0.15) is 20.8 Å². The van der Waals surface area contributed by atoms with E-state index in [4.69, 9.17) is 4.74 Å². The Labute approximate surface area is 84.1 Å². The molecule has 0 N–H and O–H groups in total. The largest absolute Gasteiger partial charge is 0.374 e. The number of aryl methyl sites for hydroxylation is 1. The number of aromatic nitrogens is 2. The van der Waals surface area contributed by atoms with E-state index >= 15 is 0 Å². The first-order valence-corrected chi connectivity index (χ1v) is 4.76. The van der Waals surface area contributed by atoms with Gasteiger partial charge in [0.25, 0.3) is 0 Å². The first-order chi connectivity index (χ1) is 6.40. The van der Waals surface area contributed by atoms with Crippen LogP contribution in [0.3, 0.4) is 0 Å². The Balaban J connectivity index is 2.47. The molecule has 0 amide bonds. The monoisotopic (exact) mass is 198 g/mol. The van der Waals surface area contributed by atoms with E-state index in [1.54, 1.807) is 28.6 Å². The molecular weight excluding hydrogens is 180 g/mol. The zero-order valence-corrected chi connectivity index (χ0v) is 9.28. The van der Waals surface area contributed by atoms with E-state index in [-0.39, 0.29) is 11.3 Å². The SMILES string of the molecule is Cn1ccn(CCOC(C)(C)C)c1=O. The standard InChI is InChI=1S/C10H18N2O2/c1-10(2,3)14-8-7-12-6-5-11(4)9(12)13/h5-6H,7-8H2,1-4H3. The van der Waals surface area contributed by atoms with Crippen LogP contribution in [-0.4, -0.2) is 21.3 Å². The molecule has 14 heavy (non-hydrogen) atoms. The van der Waals surface area contributed by atoms with Crippen LogP contribution in [0.5, 0.6) is 0 Å². The van der Waals surface area contributed by atoms with Gasteiger partial charge in [-0.05, 0) is 20.8 Å². The molecule has 0 aliphatic carbocycles. The topological polar surface area (TPSA) is 36.2 Å². The Morgan fingerprint density at radius 1 is 1.36 bits per heavy atom. The second-order valence-corrected chi connectivity index (χ2v) is 4.35. The molecule has 1 rings (SSSR count). The molecule has 1 aromatic heterocycles. The summed E-state index contributed by atoms with van der Waals surface area (Å²) in [6.45, 7) is 7.17. The third kappa shape index (κ3) is 3.03. The van der Waals surface area contributed by atoms with Crippen LogP contribution in [0.2, 0.25) is 0 Å². The van der Waals surface area contributed by atoms with Gasteiger partial charge in [-0.1, -0.05) is 0 Å². The van der Waals surface area contributed by atoms with Crippen molar-refractivity contribution in [2.75, 3.05) is 6.61 Å². The normalized spacial score (nSPS) is 12.0. The number of hydrogen-bond donors (Lipinski definition) is 0. The summed E-state index contributed by atoms with van der Waals surface area (Å²) in [4.78, 5) is 11.4. The smallest absolute Gasteiger partial charge is 0.327 e.